The second-order valence-corrected chi connectivity index (χ2v) is 2.79. The summed E-state index contributed by atoms with van der Waals surface area (Å²) >= 11 is 0. The number of primary amides is 1. The topological polar surface area (TPSA) is 85.1 Å². The lowest BCUT2D eigenvalue weighted by atomic mass is 10.2. The number of rotatable bonds is 3. The highest BCUT2D eigenvalue weighted by molar-refractivity contribution is 5.97. The Morgan fingerprint density at radius 2 is 2.29 bits per heavy atom. The molecule has 0 aliphatic heterocycles. The highest BCUT2D eigenvalue weighted by Gasteiger charge is 2.08. The molecule has 0 saturated carbocycles. The molecular formula is C9H11N3O2. The lowest BCUT2D eigenvalue weighted by molar-refractivity contribution is -0.117. The molecule has 0 bridgehead atoms. The normalized spacial score (nSPS) is 9.50. The fourth-order valence-electron chi connectivity index (χ4n) is 0.987. The molecule has 0 aliphatic rings. The third kappa shape index (κ3) is 2.55. The van der Waals surface area contributed by atoms with Crippen LogP contribution in [0, 0.1) is 6.92 Å². The van der Waals surface area contributed by atoms with Crippen molar-refractivity contribution in [1.82, 2.24) is 10.3 Å². The SMILES string of the molecule is Cc1ncccc1C(=O)NCC(N)=O. The molecule has 0 saturated heterocycles. The van der Waals surface area contributed by atoms with Gasteiger partial charge in [0.25, 0.3) is 5.91 Å². The smallest absolute Gasteiger partial charge is 0.253 e. The quantitative estimate of drug-likeness (QED) is 0.685. The Morgan fingerprint density at radius 1 is 1.57 bits per heavy atom. The highest BCUT2D eigenvalue weighted by Crippen LogP contribution is 2.02. The molecular weight excluding hydrogens is 182 g/mol. The van der Waals surface area contributed by atoms with Crippen molar-refractivity contribution in [3.8, 4) is 0 Å². The Kier molecular flexibility index (Phi) is 3.17. The van der Waals surface area contributed by atoms with Gasteiger partial charge in [-0.25, -0.2) is 0 Å². The molecule has 0 unspecified atom stereocenters. The molecule has 0 aromatic carbocycles. The van der Waals surface area contributed by atoms with Crippen LogP contribution in [0.1, 0.15) is 16.1 Å². The van der Waals surface area contributed by atoms with Crippen molar-refractivity contribution < 1.29 is 9.59 Å². The molecule has 1 rings (SSSR count). The van der Waals surface area contributed by atoms with Crippen molar-refractivity contribution in [2.75, 3.05) is 6.54 Å². The van der Waals surface area contributed by atoms with E-state index in [2.05, 4.69) is 10.3 Å². The monoisotopic (exact) mass is 193 g/mol. The minimum Gasteiger partial charge on any atom is -0.368 e. The summed E-state index contributed by atoms with van der Waals surface area (Å²) in [5, 5.41) is 2.39. The number of aromatic nitrogens is 1. The van der Waals surface area contributed by atoms with E-state index in [0.717, 1.165) is 0 Å². The zero-order valence-corrected chi connectivity index (χ0v) is 7.78. The van der Waals surface area contributed by atoms with Crippen LogP contribution in [0.15, 0.2) is 18.3 Å². The molecule has 74 valence electrons. The van der Waals surface area contributed by atoms with E-state index in [9.17, 15) is 9.59 Å². The Morgan fingerprint density at radius 3 is 2.86 bits per heavy atom. The predicted octanol–water partition coefficient (Wildman–Crippen LogP) is -0.395. The maximum Gasteiger partial charge on any atom is 0.253 e. The van der Waals surface area contributed by atoms with Gasteiger partial charge in [-0.3, -0.25) is 14.6 Å². The summed E-state index contributed by atoms with van der Waals surface area (Å²) in [5.74, 6) is -0.908. The maximum atomic E-state index is 11.4. The van der Waals surface area contributed by atoms with Gasteiger partial charge in [0.05, 0.1) is 12.1 Å². The fraction of sp³-hybridized carbons (Fsp3) is 0.222. The molecule has 2 amide bonds. The molecule has 1 aromatic heterocycles. The first-order chi connectivity index (χ1) is 6.61. The van der Waals surface area contributed by atoms with Gasteiger partial charge in [-0.1, -0.05) is 0 Å². The lowest BCUT2D eigenvalue weighted by Crippen LogP contribution is -2.33. The molecule has 14 heavy (non-hydrogen) atoms. The van der Waals surface area contributed by atoms with E-state index in [1.54, 1.807) is 25.3 Å². The minimum absolute atomic E-state index is 0.160. The van der Waals surface area contributed by atoms with E-state index < -0.39 is 5.91 Å². The molecule has 1 heterocycles. The van der Waals surface area contributed by atoms with Crippen LogP contribution in [0.3, 0.4) is 0 Å². The fourth-order valence-corrected chi connectivity index (χ4v) is 0.987. The number of hydrogen-bond donors (Lipinski definition) is 2. The van der Waals surface area contributed by atoms with Gasteiger partial charge in [-0.15, -0.1) is 0 Å². The van der Waals surface area contributed by atoms with E-state index in [1.807, 2.05) is 0 Å². The minimum atomic E-state index is -0.570. The van der Waals surface area contributed by atoms with Crippen molar-refractivity contribution in [3.63, 3.8) is 0 Å². The maximum absolute atomic E-state index is 11.4. The van der Waals surface area contributed by atoms with E-state index in [0.29, 0.717) is 11.3 Å². The van der Waals surface area contributed by atoms with E-state index in [-0.39, 0.29) is 12.5 Å². The van der Waals surface area contributed by atoms with Gasteiger partial charge >= 0.3 is 0 Å². The standard InChI is InChI=1S/C9H11N3O2/c1-6-7(3-2-4-11-6)9(14)12-5-8(10)13/h2-4H,5H2,1H3,(H2,10,13)(H,12,14). The summed E-state index contributed by atoms with van der Waals surface area (Å²) in [6.07, 6.45) is 1.60. The van der Waals surface area contributed by atoms with Gasteiger partial charge in [-0.05, 0) is 19.1 Å². The van der Waals surface area contributed by atoms with Gasteiger partial charge in [0.1, 0.15) is 0 Å². The van der Waals surface area contributed by atoms with Crippen LogP contribution < -0.4 is 11.1 Å². The number of hydrogen-bond acceptors (Lipinski definition) is 3. The highest BCUT2D eigenvalue weighted by atomic mass is 16.2. The second-order valence-electron chi connectivity index (χ2n) is 2.79. The third-order valence-corrected chi connectivity index (χ3v) is 1.67. The Balaban J connectivity index is 2.70. The zero-order valence-electron chi connectivity index (χ0n) is 7.78. The van der Waals surface area contributed by atoms with Gasteiger partial charge in [0, 0.05) is 11.9 Å². The first-order valence-electron chi connectivity index (χ1n) is 4.09. The molecule has 5 nitrogen and oxygen atoms in total. The van der Waals surface area contributed by atoms with Crippen LogP contribution >= 0.6 is 0 Å². The molecule has 0 spiro atoms. The largest absolute Gasteiger partial charge is 0.368 e. The number of pyridine rings is 1. The number of nitrogens with zero attached hydrogens (tertiary/aromatic N) is 1. The first-order valence-corrected chi connectivity index (χ1v) is 4.09. The van der Waals surface area contributed by atoms with E-state index >= 15 is 0 Å². The Labute approximate surface area is 81.3 Å². The molecule has 0 atom stereocenters. The predicted molar refractivity (Wildman–Crippen MR) is 50.5 cm³/mol. The molecule has 3 N–H and O–H groups in total. The molecule has 5 heteroatoms. The molecule has 1 aromatic rings. The van der Waals surface area contributed by atoms with E-state index in [4.69, 9.17) is 5.73 Å². The summed E-state index contributed by atoms with van der Waals surface area (Å²) in [6.45, 7) is 1.56. The van der Waals surface area contributed by atoms with Crippen LogP contribution in [-0.4, -0.2) is 23.3 Å². The van der Waals surface area contributed by atoms with Crippen molar-refractivity contribution >= 4 is 11.8 Å². The number of nitrogens with one attached hydrogen (secondary N) is 1. The molecule has 0 radical (unpaired) electrons. The van der Waals surface area contributed by atoms with Crippen LogP contribution in [0.25, 0.3) is 0 Å². The van der Waals surface area contributed by atoms with Crippen molar-refractivity contribution in [2.24, 2.45) is 5.73 Å². The van der Waals surface area contributed by atoms with Gasteiger partial charge in [0.15, 0.2) is 0 Å². The van der Waals surface area contributed by atoms with Gasteiger partial charge in [0.2, 0.25) is 5.91 Å². The third-order valence-electron chi connectivity index (χ3n) is 1.67. The number of nitrogens with two attached hydrogens (primary N) is 1. The number of carbonyl (C=O) groups is 2. The van der Waals surface area contributed by atoms with Crippen molar-refractivity contribution in [1.29, 1.82) is 0 Å². The van der Waals surface area contributed by atoms with Gasteiger partial charge in [-0.2, -0.15) is 0 Å². The summed E-state index contributed by atoms with van der Waals surface area (Å²) < 4.78 is 0. The van der Waals surface area contributed by atoms with Crippen molar-refractivity contribution in [2.45, 2.75) is 6.92 Å². The number of aryl methyl sites for hydroxylation is 1. The Bertz CT molecular complexity index is 363. The number of amides is 2. The summed E-state index contributed by atoms with van der Waals surface area (Å²) in [7, 11) is 0. The van der Waals surface area contributed by atoms with Crippen molar-refractivity contribution in [3.05, 3.63) is 29.6 Å². The van der Waals surface area contributed by atoms with Crippen LogP contribution in [0.4, 0.5) is 0 Å². The zero-order chi connectivity index (χ0) is 10.6. The second kappa shape index (κ2) is 4.36. The average molecular weight is 193 g/mol. The summed E-state index contributed by atoms with van der Waals surface area (Å²) in [5.41, 5.74) is 5.96. The van der Waals surface area contributed by atoms with Crippen LogP contribution in [0.5, 0.6) is 0 Å². The first kappa shape index (κ1) is 10.2. The molecule has 0 fully saturated rings. The van der Waals surface area contributed by atoms with Gasteiger partial charge < -0.3 is 11.1 Å². The summed E-state index contributed by atoms with van der Waals surface area (Å²) in [6, 6.07) is 3.30. The molecule has 0 aliphatic carbocycles. The van der Waals surface area contributed by atoms with E-state index in [1.165, 1.54) is 0 Å². The van der Waals surface area contributed by atoms with Crippen LogP contribution in [0.2, 0.25) is 0 Å². The summed E-state index contributed by atoms with van der Waals surface area (Å²) in [4.78, 5) is 25.8. The number of carbonyl (C=O) groups excluding carboxylic acids is 2. The average Bonchev–Trinajstić information content (AvgIpc) is 2.15. The Hall–Kier alpha value is -1.91. The van der Waals surface area contributed by atoms with Crippen LogP contribution in [-0.2, 0) is 4.79 Å². The lowest BCUT2D eigenvalue weighted by Gasteiger charge is -2.04.